The number of fused-ring (bicyclic) bond motifs is 1. The van der Waals surface area contributed by atoms with Crippen LogP contribution in [-0.4, -0.2) is 46.8 Å². The van der Waals surface area contributed by atoms with Crippen LogP contribution < -0.4 is 5.32 Å². The van der Waals surface area contributed by atoms with Crippen molar-refractivity contribution in [2.24, 2.45) is 0 Å². The van der Waals surface area contributed by atoms with Crippen molar-refractivity contribution in [3.63, 3.8) is 0 Å². The number of rotatable bonds is 7. The maximum absolute atomic E-state index is 12.8. The summed E-state index contributed by atoms with van der Waals surface area (Å²) in [6, 6.07) is 8.69. The molecule has 32 heavy (non-hydrogen) atoms. The minimum absolute atomic E-state index is 0.163. The highest BCUT2D eigenvalue weighted by Gasteiger charge is 2.27. The molecule has 0 spiro atoms. The molecule has 0 saturated carbocycles. The van der Waals surface area contributed by atoms with Gasteiger partial charge >= 0.3 is 0 Å². The van der Waals surface area contributed by atoms with Crippen LogP contribution in [0.25, 0.3) is 20.9 Å². The first-order chi connectivity index (χ1) is 15.5. The Morgan fingerprint density at radius 1 is 1.19 bits per heavy atom. The van der Waals surface area contributed by atoms with Crippen LogP contribution in [0.4, 0.5) is 5.13 Å². The fraction of sp³-hybridized carbons (Fsp3) is 0.300. The van der Waals surface area contributed by atoms with E-state index in [4.69, 9.17) is 4.52 Å². The second kappa shape index (κ2) is 8.70. The summed E-state index contributed by atoms with van der Waals surface area (Å²) in [5.74, 6) is 0.677. The lowest BCUT2D eigenvalue weighted by atomic mass is 10.3. The van der Waals surface area contributed by atoms with Gasteiger partial charge in [-0.15, -0.1) is 11.3 Å². The number of sulfonamides is 1. The lowest BCUT2D eigenvalue weighted by Gasteiger charge is -2.15. The van der Waals surface area contributed by atoms with Crippen LogP contribution in [0.15, 0.2) is 45.1 Å². The van der Waals surface area contributed by atoms with E-state index in [-0.39, 0.29) is 17.2 Å². The number of thiazole rings is 1. The molecule has 166 valence electrons. The molecule has 0 aliphatic carbocycles. The largest absolute Gasteiger partial charge is 0.339 e. The predicted octanol–water partition coefficient (Wildman–Crippen LogP) is 3.76. The maximum Gasteiger partial charge on any atom is 0.243 e. The molecule has 0 radical (unpaired) electrons. The van der Waals surface area contributed by atoms with Gasteiger partial charge in [-0.2, -0.15) is 9.29 Å². The molecule has 4 heterocycles. The Kier molecular flexibility index (Phi) is 5.76. The summed E-state index contributed by atoms with van der Waals surface area (Å²) in [4.78, 5) is 22.2. The fourth-order valence-corrected chi connectivity index (χ4v) is 6.65. The molecule has 1 aliphatic rings. The summed E-state index contributed by atoms with van der Waals surface area (Å²) in [6.45, 7) is 1.11. The Bertz CT molecular complexity index is 1360. The Morgan fingerprint density at radius 3 is 2.81 bits per heavy atom. The Morgan fingerprint density at radius 2 is 2.03 bits per heavy atom. The highest BCUT2D eigenvalue weighted by Crippen LogP contribution is 2.30. The first-order valence-corrected chi connectivity index (χ1v) is 13.2. The van der Waals surface area contributed by atoms with Gasteiger partial charge in [0.1, 0.15) is 0 Å². The minimum atomic E-state index is -3.50. The summed E-state index contributed by atoms with van der Waals surface area (Å²) < 4.78 is 33.0. The van der Waals surface area contributed by atoms with E-state index in [1.54, 1.807) is 18.2 Å². The third-order valence-corrected chi connectivity index (χ3v) is 8.78. The highest BCUT2D eigenvalue weighted by atomic mass is 32.2. The van der Waals surface area contributed by atoms with Crippen LogP contribution in [0.5, 0.6) is 0 Å². The van der Waals surface area contributed by atoms with Gasteiger partial charge in [-0.3, -0.25) is 4.79 Å². The molecule has 1 fully saturated rings. The second-order valence-corrected chi connectivity index (χ2v) is 11.2. The number of amides is 1. The van der Waals surface area contributed by atoms with Gasteiger partial charge in [0.2, 0.25) is 27.6 Å². The average molecular weight is 490 g/mol. The molecule has 1 N–H and O–H groups in total. The zero-order valence-electron chi connectivity index (χ0n) is 16.9. The van der Waals surface area contributed by atoms with E-state index in [2.05, 4.69) is 20.4 Å². The Labute approximate surface area is 192 Å². The van der Waals surface area contributed by atoms with Crippen LogP contribution in [0.1, 0.15) is 25.2 Å². The number of benzene rings is 1. The molecule has 0 bridgehead atoms. The van der Waals surface area contributed by atoms with Crippen molar-refractivity contribution in [1.29, 1.82) is 0 Å². The molecule has 1 amide bonds. The van der Waals surface area contributed by atoms with E-state index in [1.165, 1.54) is 27.0 Å². The summed E-state index contributed by atoms with van der Waals surface area (Å²) >= 11 is 2.76. The van der Waals surface area contributed by atoms with Crippen molar-refractivity contribution < 1.29 is 17.7 Å². The monoisotopic (exact) mass is 489 g/mol. The quantitative estimate of drug-likeness (QED) is 0.420. The third kappa shape index (κ3) is 4.31. The van der Waals surface area contributed by atoms with E-state index in [9.17, 15) is 13.2 Å². The van der Waals surface area contributed by atoms with Gasteiger partial charge in [-0.05, 0) is 42.5 Å². The van der Waals surface area contributed by atoms with Gasteiger partial charge < -0.3 is 9.84 Å². The van der Waals surface area contributed by atoms with Gasteiger partial charge in [0.05, 0.1) is 20.0 Å². The first-order valence-electron chi connectivity index (χ1n) is 10.1. The Hall–Kier alpha value is -2.67. The molecule has 3 aromatic heterocycles. The first kappa shape index (κ1) is 21.2. The smallest absolute Gasteiger partial charge is 0.243 e. The van der Waals surface area contributed by atoms with E-state index < -0.39 is 10.0 Å². The van der Waals surface area contributed by atoms with Crippen molar-refractivity contribution in [1.82, 2.24) is 19.4 Å². The lowest BCUT2D eigenvalue weighted by Crippen LogP contribution is -2.27. The molecule has 1 aromatic carbocycles. The predicted molar refractivity (Wildman–Crippen MR) is 122 cm³/mol. The molecule has 0 unspecified atom stereocenters. The van der Waals surface area contributed by atoms with Crippen molar-refractivity contribution in [2.45, 2.75) is 30.6 Å². The standard InChI is InChI=1S/C20H19N5O4S3/c26-17(7-8-18-23-19(24-29-18)15-4-3-11-30-15)22-20-21-14-6-5-13(12-16(14)31-20)32(27,28)25-9-1-2-10-25/h3-6,11-12H,1-2,7-10H2,(H,21,22,26). The van der Waals surface area contributed by atoms with Gasteiger partial charge in [-0.1, -0.05) is 22.6 Å². The number of aromatic nitrogens is 3. The van der Waals surface area contributed by atoms with Crippen LogP contribution in [0.3, 0.4) is 0 Å². The SMILES string of the molecule is O=C(CCc1nc(-c2cccs2)no1)Nc1nc2ccc(S(=O)(=O)N3CCCC3)cc2s1. The molecule has 0 atom stereocenters. The van der Waals surface area contributed by atoms with E-state index in [0.29, 0.717) is 46.6 Å². The van der Waals surface area contributed by atoms with Crippen LogP contribution in [0.2, 0.25) is 0 Å². The highest BCUT2D eigenvalue weighted by molar-refractivity contribution is 7.89. The minimum Gasteiger partial charge on any atom is -0.339 e. The fourth-order valence-electron chi connectivity index (χ4n) is 3.46. The number of hydrogen-bond donors (Lipinski definition) is 1. The summed E-state index contributed by atoms with van der Waals surface area (Å²) in [5.41, 5.74) is 0.642. The number of nitrogens with one attached hydrogen (secondary N) is 1. The summed E-state index contributed by atoms with van der Waals surface area (Å²) in [7, 11) is -3.50. The maximum atomic E-state index is 12.8. The lowest BCUT2D eigenvalue weighted by molar-refractivity contribution is -0.116. The average Bonchev–Trinajstić information content (AvgIpc) is 3.57. The number of carbonyl (C=O) groups excluding carboxylic acids is 1. The molecule has 1 saturated heterocycles. The van der Waals surface area contributed by atoms with Crippen LogP contribution in [0, 0.1) is 0 Å². The van der Waals surface area contributed by atoms with Crippen LogP contribution in [-0.2, 0) is 21.2 Å². The number of anilines is 1. The molecular weight excluding hydrogens is 470 g/mol. The molecule has 9 nitrogen and oxygen atoms in total. The van der Waals surface area contributed by atoms with Crippen molar-refractivity contribution in [3.05, 3.63) is 41.6 Å². The van der Waals surface area contributed by atoms with Gasteiger partial charge in [0.15, 0.2) is 5.13 Å². The third-order valence-electron chi connectivity index (χ3n) is 5.08. The van der Waals surface area contributed by atoms with Gasteiger partial charge in [0, 0.05) is 25.9 Å². The summed E-state index contributed by atoms with van der Waals surface area (Å²) in [5, 5.41) is 9.06. The van der Waals surface area contributed by atoms with Crippen molar-refractivity contribution in [2.75, 3.05) is 18.4 Å². The molecule has 1 aliphatic heterocycles. The zero-order valence-corrected chi connectivity index (χ0v) is 19.3. The van der Waals surface area contributed by atoms with Gasteiger partial charge in [0.25, 0.3) is 0 Å². The van der Waals surface area contributed by atoms with Crippen LogP contribution >= 0.6 is 22.7 Å². The summed E-state index contributed by atoms with van der Waals surface area (Å²) in [6.07, 6.45) is 2.25. The van der Waals surface area contributed by atoms with Crippen molar-refractivity contribution in [3.8, 4) is 10.7 Å². The zero-order chi connectivity index (χ0) is 22.1. The number of carbonyl (C=O) groups is 1. The number of aryl methyl sites for hydroxylation is 1. The van der Waals surface area contributed by atoms with Crippen molar-refractivity contribution >= 4 is 54.0 Å². The normalized spacial score (nSPS) is 14.9. The van der Waals surface area contributed by atoms with E-state index >= 15 is 0 Å². The topological polar surface area (TPSA) is 118 Å². The number of thiophene rings is 1. The Balaban J connectivity index is 1.23. The second-order valence-electron chi connectivity index (χ2n) is 7.30. The van der Waals surface area contributed by atoms with Gasteiger partial charge in [-0.25, -0.2) is 13.4 Å². The number of hydrogen-bond acceptors (Lipinski definition) is 9. The van der Waals surface area contributed by atoms with E-state index in [0.717, 1.165) is 17.7 Å². The number of nitrogens with zero attached hydrogens (tertiary/aromatic N) is 4. The van der Waals surface area contributed by atoms with E-state index in [1.807, 2.05) is 17.5 Å². The molecule has 12 heteroatoms. The molecule has 4 aromatic rings. The molecule has 5 rings (SSSR count). The molecular formula is C20H19N5O4S3.